The van der Waals surface area contributed by atoms with E-state index in [1.807, 2.05) is 17.5 Å². The fourth-order valence-electron chi connectivity index (χ4n) is 2.90. The van der Waals surface area contributed by atoms with Gasteiger partial charge < -0.3 is 15.3 Å². The quantitative estimate of drug-likeness (QED) is 0.459. The lowest BCUT2D eigenvalue weighted by Gasteiger charge is -2.20. The molecule has 0 atom stereocenters. The molecule has 2 N–H and O–H groups in total. The molecule has 160 valence electrons. The predicted octanol–water partition coefficient (Wildman–Crippen LogP) is 4.35. The number of aliphatic carboxylic acids is 1. The van der Waals surface area contributed by atoms with Crippen LogP contribution in [0.1, 0.15) is 22.3 Å². The molecule has 0 bridgehead atoms. The molecule has 0 unspecified atom stereocenters. The Morgan fingerprint density at radius 2 is 1.87 bits per heavy atom. The molecule has 0 radical (unpaired) electrons. The number of thiazole rings is 1. The van der Waals surface area contributed by atoms with Gasteiger partial charge in [-0.1, -0.05) is 18.2 Å². The number of hydrogen-bond donors (Lipinski definition) is 2. The van der Waals surface area contributed by atoms with E-state index < -0.39 is 5.97 Å². The second-order valence-electron chi connectivity index (χ2n) is 6.79. The van der Waals surface area contributed by atoms with Crippen molar-refractivity contribution in [1.29, 1.82) is 0 Å². The van der Waals surface area contributed by atoms with E-state index >= 15 is 0 Å². The van der Waals surface area contributed by atoms with Crippen LogP contribution >= 0.6 is 11.3 Å². The van der Waals surface area contributed by atoms with E-state index in [9.17, 15) is 14.0 Å². The van der Waals surface area contributed by atoms with Crippen molar-refractivity contribution in [3.05, 3.63) is 83.5 Å². The van der Waals surface area contributed by atoms with Gasteiger partial charge in [-0.3, -0.25) is 9.59 Å². The molecule has 0 fully saturated rings. The fourth-order valence-corrected chi connectivity index (χ4v) is 3.74. The van der Waals surface area contributed by atoms with Crippen molar-refractivity contribution in [2.75, 3.05) is 18.0 Å². The Hall–Kier alpha value is -3.52. The summed E-state index contributed by atoms with van der Waals surface area (Å²) in [5.41, 5.74) is 3.09. The van der Waals surface area contributed by atoms with Crippen molar-refractivity contribution in [1.82, 2.24) is 10.3 Å². The Morgan fingerprint density at radius 1 is 1.16 bits per heavy atom. The molecule has 1 heterocycles. The van der Waals surface area contributed by atoms with Crippen LogP contribution in [0.4, 0.5) is 9.52 Å². The van der Waals surface area contributed by atoms with Crippen molar-refractivity contribution in [3.63, 3.8) is 0 Å². The summed E-state index contributed by atoms with van der Waals surface area (Å²) < 4.78 is 13.2. The molecule has 3 aromatic rings. The normalized spacial score (nSPS) is 10.5. The maximum absolute atomic E-state index is 13.2. The number of nitrogens with one attached hydrogen (secondary N) is 1. The highest BCUT2D eigenvalue weighted by Gasteiger charge is 2.13. The molecule has 6 nitrogen and oxygen atoms in total. The second-order valence-corrected chi connectivity index (χ2v) is 7.62. The molecule has 0 saturated carbocycles. The third kappa shape index (κ3) is 6.23. The number of aromatic nitrogens is 1. The number of hydrogen-bond acceptors (Lipinski definition) is 5. The van der Waals surface area contributed by atoms with E-state index in [0.29, 0.717) is 18.7 Å². The van der Waals surface area contributed by atoms with E-state index in [4.69, 9.17) is 5.11 Å². The molecule has 0 spiro atoms. The number of carboxylic acid groups (broad SMARTS) is 1. The number of nitrogens with zero attached hydrogens (tertiary/aromatic N) is 2. The van der Waals surface area contributed by atoms with Crippen molar-refractivity contribution < 1.29 is 19.1 Å². The molecule has 31 heavy (non-hydrogen) atoms. The van der Waals surface area contributed by atoms with Crippen LogP contribution in [0.5, 0.6) is 0 Å². The largest absolute Gasteiger partial charge is 0.481 e. The third-order valence-electron chi connectivity index (χ3n) is 4.47. The van der Waals surface area contributed by atoms with Crippen LogP contribution in [-0.4, -0.2) is 35.1 Å². The maximum Gasteiger partial charge on any atom is 0.305 e. The maximum atomic E-state index is 13.2. The Kier molecular flexibility index (Phi) is 7.50. The predicted molar refractivity (Wildman–Crippen MR) is 120 cm³/mol. The summed E-state index contributed by atoms with van der Waals surface area (Å²) in [6.07, 6.45) is 1.68. The lowest BCUT2D eigenvalue weighted by Crippen LogP contribution is -2.26. The lowest BCUT2D eigenvalue weighted by atomic mass is 10.1. The molecule has 2 aromatic carbocycles. The highest BCUT2D eigenvalue weighted by atomic mass is 32.1. The first-order valence-corrected chi connectivity index (χ1v) is 10.5. The minimum absolute atomic E-state index is 0.0868. The van der Waals surface area contributed by atoms with Gasteiger partial charge in [0.05, 0.1) is 12.1 Å². The summed E-state index contributed by atoms with van der Waals surface area (Å²) in [4.78, 5) is 29.4. The number of benzene rings is 2. The van der Waals surface area contributed by atoms with Crippen LogP contribution < -0.4 is 10.2 Å². The standard InChI is InChI=1S/C23H22FN3O3S/c1-2-13-27(23-26-20(15-31-23)17-7-9-19(24)10-8-17)14-16-3-5-18(6-4-16)22(30)25-12-11-21(28)29/h2-10,15H,1,11-14H2,(H,25,30)(H,28,29). The van der Waals surface area contributed by atoms with Crippen LogP contribution in [0.2, 0.25) is 0 Å². The number of carbonyl (C=O) groups excluding carboxylic acids is 1. The molecule has 0 aliphatic heterocycles. The zero-order valence-electron chi connectivity index (χ0n) is 16.8. The smallest absolute Gasteiger partial charge is 0.305 e. The average Bonchev–Trinajstić information content (AvgIpc) is 3.24. The molecular weight excluding hydrogens is 417 g/mol. The van der Waals surface area contributed by atoms with Gasteiger partial charge in [-0.2, -0.15) is 0 Å². The molecule has 3 rings (SSSR count). The summed E-state index contributed by atoms with van der Waals surface area (Å²) in [5.74, 6) is -1.55. The number of anilines is 1. The van der Waals surface area contributed by atoms with Crippen LogP contribution in [-0.2, 0) is 11.3 Å². The van der Waals surface area contributed by atoms with E-state index in [-0.39, 0.29) is 24.7 Å². The molecule has 0 aliphatic carbocycles. The van der Waals surface area contributed by atoms with Gasteiger partial charge in [0.15, 0.2) is 5.13 Å². The minimum Gasteiger partial charge on any atom is -0.481 e. The monoisotopic (exact) mass is 439 g/mol. The summed E-state index contributed by atoms with van der Waals surface area (Å²) in [5, 5.41) is 14.0. The van der Waals surface area contributed by atoms with Crippen molar-refractivity contribution in [3.8, 4) is 11.3 Å². The fraction of sp³-hybridized carbons (Fsp3) is 0.174. The zero-order valence-corrected chi connectivity index (χ0v) is 17.6. The Labute approximate surface area is 183 Å². The number of carboxylic acids is 1. The summed E-state index contributed by atoms with van der Waals surface area (Å²) >= 11 is 1.50. The summed E-state index contributed by atoms with van der Waals surface area (Å²) in [6, 6.07) is 13.4. The topological polar surface area (TPSA) is 82.5 Å². The van der Waals surface area contributed by atoms with Gasteiger partial charge in [-0.15, -0.1) is 17.9 Å². The third-order valence-corrected chi connectivity index (χ3v) is 5.37. The van der Waals surface area contributed by atoms with Crippen LogP contribution in [0.25, 0.3) is 11.3 Å². The van der Waals surface area contributed by atoms with Crippen LogP contribution in [0.3, 0.4) is 0 Å². The molecule has 8 heteroatoms. The van der Waals surface area contributed by atoms with E-state index in [0.717, 1.165) is 22.0 Å². The van der Waals surface area contributed by atoms with Crippen LogP contribution in [0, 0.1) is 5.82 Å². The first-order chi connectivity index (χ1) is 15.0. The van der Waals surface area contributed by atoms with Crippen molar-refractivity contribution in [2.24, 2.45) is 0 Å². The highest BCUT2D eigenvalue weighted by molar-refractivity contribution is 7.14. The number of amides is 1. The minimum atomic E-state index is -0.956. The molecular formula is C23H22FN3O3S. The molecule has 0 aliphatic rings. The number of carbonyl (C=O) groups is 2. The molecule has 0 saturated heterocycles. The van der Waals surface area contributed by atoms with Crippen molar-refractivity contribution in [2.45, 2.75) is 13.0 Å². The number of halogens is 1. The summed E-state index contributed by atoms with van der Waals surface area (Å²) in [6.45, 7) is 5.07. The first-order valence-electron chi connectivity index (χ1n) is 9.62. The van der Waals surface area contributed by atoms with Gasteiger partial charge in [-0.25, -0.2) is 9.37 Å². The zero-order chi connectivity index (χ0) is 22.2. The highest BCUT2D eigenvalue weighted by Crippen LogP contribution is 2.28. The summed E-state index contributed by atoms with van der Waals surface area (Å²) in [7, 11) is 0. The van der Waals surface area contributed by atoms with E-state index in [1.165, 1.54) is 23.5 Å². The van der Waals surface area contributed by atoms with E-state index in [2.05, 4.69) is 21.8 Å². The number of rotatable bonds is 10. The Balaban J connectivity index is 1.67. The molecule has 1 amide bonds. The Morgan fingerprint density at radius 3 is 2.52 bits per heavy atom. The lowest BCUT2D eigenvalue weighted by molar-refractivity contribution is -0.136. The van der Waals surface area contributed by atoms with Crippen LogP contribution in [0.15, 0.2) is 66.6 Å². The van der Waals surface area contributed by atoms with Gasteiger partial charge in [-0.05, 0) is 42.0 Å². The Bertz CT molecular complexity index is 1050. The second kappa shape index (κ2) is 10.5. The van der Waals surface area contributed by atoms with Gasteiger partial charge >= 0.3 is 5.97 Å². The van der Waals surface area contributed by atoms with Gasteiger partial charge in [0.2, 0.25) is 0 Å². The average molecular weight is 440 g/mol. The van der Waals surface area contributed by atoms with Gasteiger partial charge in [0.25, 0.3) is 5.91 Å². The van der Waals surface area contributed by atoms with E-state index in [1.54, 1.807) is 30.3 Å². The molecule has 1 aromatic heterocycles. The van der Waals surface area contributed by atoms with Crippen molar-refractivity contribution >= 4 is 28.3 Å². The SMILES string of the molecule is C=CCN(Cc1ccc(C(=O)NCCC(=O)O)cc1)c1nc(-c2ccc(F)cc2)cs1. The van der Waals surface area contributed by atoms with Gasteiger partial charge in [0, 0.05) is 36.1 Å². The van der Waals surface area contributed by atoms with Gasteiger partial charge in [0.1, 0.15) is 5.82 Å². The first kappa shape index (κ1) is 22.2.